The van der Waals surface area contributed by atoms with E-state index in [2.05, 4.69) is 34.3 Å². The number of allylic oxidation sites excluding steroid dienone is 1. The van der Waals surface area contributed by atoms with E-state index in [9.17, 15) is 9.59 Å². The molecule has 0 fully saturated rings. The zero-order chi connectivity index (χ0) is 22.1. The summed E-state index contributed by atoms with van der Waals surface area (Å²) in [6, 6.07) is 10.1. The zero-order valence-electron chi connectivity index (χ0n) is 18.5. The third kappa shape index (κ3) is 3.95. The summed E-state index contributed by atoms with van der Waals surface area (Å²) in [7, 11) is 2.02. The van der Waals surface area contributed by atoms with Crippen molar-refractivity contribution in [1.82, 2.24) is 19.7 Å². The second-order valence-corrected chi connectivity index (χ2v) is 8.72. The molecular weight excluding hydrogens is 402 g/mol. The van der Waals surface area contributed by atoms with Crippen molar-refractivity contribution in [1.29, 1.82) is 0 Å². The lowest BCUT2D eigenvalue weighted by Gasteiger charge is -2.26. The van der Waals surface area contributed by atoms with E-state index in [0.29, 0.717) is 25.3 Å². The van der Waals surface area contributed by atoms with Crippen molar-refractivity contribution in [2.45, 2.75) is 45.1 Å². The van der Waals surface area contributed by atoms with Gasteiger partial charge < -0.3 is 9.88 Å². The number of rotatable bonds is 6. The molecule has 32 heavy (non-hydrogen) atoms. The standard InChI is InChI=1S/C25H29N5O2/c1-28-16-20(19-9-5-6-10-22(19)28)21-15-24-29(25(32)12-14-30(24)27-21)17-23(31)26-13-11-18-7-3-2-4-8-18/h5-7,9-10,15-16H,2-4,8,11-14,17H2,1H3,(H,26,31). The highest BCUT2D eigenvalue weighted by molar-refractivity contribution is 6.00. The molecule has 2 amide bonds. The molecular formula is C25H29N5O2. The Morgan fingerprint density at radius 1 is 1.19 bits per heavy atom. The van der Waals surface area contributed by atoms with Gasteiger partial charge in [0.15, 0.2) is 0 Å². The molecule has 7 nitrogen and oxygen atoms in total. The van der Waals surface area contributed by atoms with E-state index >= 15 is 0 Å². The molecule has 0 bridgehead atoms. The molecule has 3 heterocycles. The van der Waals surface area contributed by atoms with Crippen molar-refractivity contribution in [2.75, 3.05) is 18.0 Å². The van der Waals surface area contributed by atoms with Crippen LogP contribution in [-0.4, -0.2) is 39.3 Å². The number of carbonyl (C=O) groups is 2. The lowest BCUT2D eigenvalue weighted by molar-refractivity contribution is -0.124. The summed E-state index contributed by atoms with van der Waals surface area (Å²) in [5.74, 6) is 0.525. The molecule has 0 atom stereocenters. The van der Waals surface area contributed by atoms with Crippen LogP contribution in [0, 0.1) is 0 Å². The molecule has 1 aliphatic carbocycles. The van der Waals surface area contributed by atoms with Crippen LogP contribution < -0.4 is 10.2 Å². The second-order valence-electron chi connectivity index (χ2n) is 8.72. The van der Waals surface area contributed by atoms with Gasteiger partial charge in [-0.25, -0.2) is 4.68 Å². The van der Waals surface area contributed by atoms with Gasteiger partial charge in [-0.1, -0.05) is 29.8 Å². The summed E-state index contributed by atoms with van der Waals surface area (Å²) in [6.07, 6.45) is 10.4. The number of hydrogen-bond donors (Lipinski definition) is 1. The summed E-state index contributed by atoms with van der Waals surface area (Å²) in [4.78, 5) is 26.8. The number of anilines is 1. The van der Waals surface area contributed by atoms with Crippen molar-refractivity contribution in [3.05, 3.63) is 48.2 Å². The number of aromatic nitrogens is 3. The molecule has 166 valence electrons. The smallest absolute Gasteiger partial charge is 0.240 e. The minimum absolute atomic E-state index is 0.0263. The molecule has 3 aromatic rings. The monoisotopic (exact) mass is 431 g/mol. The van der Waals surface area contributed by atoms with Crippen molar-refractivity contribution >= 4 is 28.5 Å². The molecule has 0 saturated carbocycles. The van der Waals surface area contributed by atoms with Crippen LogP contribution in [0.4, 0.5) is 5.82 Å². The summed E-state index contributed by atoms with van der Waals surface area (Å²) in [5.41, 5.74) is 4.42. The number of hydrogen-bond acceptors (Lipinski definition) is 3. The van der Waals surface area contributed by atoms with Crippen LogP contribution in [0.1, 0.15) is 38.5 Å². The Balaban J connectivity index is 1.32. The van der Waals surface area contributed by atoms with Gasteiger partial charge in [-0.2, -0.15) is 5.10 Å². The van der Waals surface area contributed by atoms with E-state index in [-0.39, 0.29) is 18.4 Å². The fourth-order valence-electron chi connectivity index (χ4n) is 4.79. The molecule has 0 unspecified atom stereocenters. The van der Waals surface area contributed by atoms with Gasteiger partial charge in [0.25, 0.3) is 0 Å². The molecule has 7 heteroatoms. The molecule has 2 aromatic heterocycles. The maximum atomic E-state index is 12.7. The van der Waals surface area contributed by atoms with Crippen LogP contribution in [0.3, 0.4) is 0 Å². The average Bonchev–Trinajstić information content (AvgIpc) is 3.38. The maximum absolute atomic E-state index is 12.7. The topological polar surface area (TPSA) is 72.2 Å². The lowest BCUT2D eigenvalue weighted by atomic mass is 9.97. The number of aryl methyl sites for hydroxylation is 2. The zero-order valence-corrected chi connectivity index (χ0v) is 18.5. The van der Waals surface area contributed by atoms with Gasteiger partial charge >= 0.3 is 0 Å². The first kappa shape index (κ1) is 20.5. The Morgan fingerprint density at radius 3 is 2.91 bits per heavy atom. The minimum Gasteiger partial charge on any atom is -0.354 e. The lowest BCUT2D eigenvalue weighted by Crippen LogP contribution is -2.44. The van der Waals surface area contributed by atoms with Gasteiger partial charge in [-0.3, -0.25) is 14.5 Å². The van der Waals surface area contributed by atoms with Crippen molar-refractivity contribution in [3.8, 4) is 11.3 Å². The Morgan fingerprint density at radius 2 is 2.06 bits per heavy atom. The summed E-state index contributed by atoms with van der Waals surface area (Å²) >= 11 is 0. The van der Waals surface area contributed by atoms with E-state index in [1.54, 1.807) is 4.90 Å². The summed E-state index contributed by atoms with van der Waals surface area (Å²) < 4.78 is 3.93. The molecule has 1 aliphatic heterocycles. The van der Waals surface area contributed by atoms with Crippen LogP contribution in [-0.2, 0) is 23.2 Å². The highest BCUT2D eigenvalue weighted by Gasteiger charge is 2.28. The van der Waals surface area contributed by atoms with E-state index in [4.69, 9.17) is 5.10 Å². The van der Waals surface area contributed by atoms with Crippen LogP contribution in [0.2, 0.25) is 0 Å². The Kier molecular flexibility index (Phi) is 5.55. The number of carbonyl (C=O) groups excluding carboxylic acids is 2. The van der Waals surface area contributed by atoms with Gasteiger partial charge in [-0.15, -0.1) is 0 Å². The summed E-state index contributed by atoms with van der Waals surface area (Å²) in [6.45, 7) is 1.18. The normalized spacial score (nSPS) is 16.2. The average molecular weight is 432 g/mol. The predicted molar refractivity (Wildman–Crippen MR) is 125 cm³/mol. The molecule has 5 rings (SSSR count). The van der Waals surface area contributed by atoms with Gasteiger partial charge in [-0.05, 0) is 38.2 Å². The maximum Gasteiger partial charge on any atom is 0.240 e. The first-order valence-corrected chi connectivity index (χ1v) is 11.5. The van der Waals surface area contributed by atoms with Crippen LogP contribution in [0.5, 0.6) is 0 Å². The first-order valence-electron chi connectivity index (χ1n) is 11.5. The SMILES string of the molecule is Cn1cc(-c2cc3n(n2)CCC(=O)N3CC(=O)NCCC2=CCCCC2)c2ccccc21. The van der Waals surface area contributed by atoms with E-state index in [1.165, 1.54) is 18.4 Å². The number of amides is 2. The highest BCUT2D eigenvalue weighted by atomic mass is 16.2. The molecule has 2 aliphatic rings. The number of fused-ring (bicyclic) bond motifs is 2. The predicted octanol–water partition coefficient (Wildman–Crippen LogP) is 3.79. The first-order chi connectivity index (χ1) is 15.6. The van der Waals surface area contributed by atoms with Gasteiger partial charge in [0.1, 0.15) is 12.4 Å². The Hall–Kier alpha value is -3.35. The minimum atomic E-state index is -0.129. The molecule has 0 spiro atoms. The molecule has 1 N–H and O–H groups in total. The van der Waals surface area contributed by atoms with Crippen molar-refractivity contribution < 1.29 is 9.59 Å². The van der Waals surface area contributed by atoms with Crippen LogP contribution in [0.25, 0.3) is 22.2 Å². The van der Waals surface area contributed by atoms with Gasteiger partial charge in [0, 0.05) is 48.7 Å². The quantitative estimate of drug-likeness (QED) is 0.604. The Bertz CT molecular complexity index is 1200. The third-order valence-electron chi connectivity index (χ3n) is 6.50. The van der Waals surface area contributed by atoms with Crippen LogP contribution >= 0.6 is 0 Å². The third-order valence-corrected chi connectivity index (χ3v) is 6.50. The number of benzene rings is 1. The highest BCUT2D eigenvalue weighted by Crippen LogP contribution is 2.33. The molecule has 0 radical (unpaired) electrons. The van der Waals surface area contributed by atoms with Gasteiger partial charge in [0.2, 0.25) is 11.8 Å². The van der Waals surface area contributed by atoms with Gasteiger partial charge in [0.05, 0.1) is 12.2 Å². The fraction of sp³-hybridized carbons (Fsp3) is 0.400. The number of nitrogens with one attached hydrogen (secondary N) is 1. The largest absolute Gasteiger partial charge is 0.354 e. The Labute approximate surface area is 187 Å². The second kappa shape index (κ2) is 8.65. The van der Waals surface area contributed by atoms with Crippen molar-refractivity contribution in [2.24, 2.45) is 7.05 Å². The summed E-state index contributed by atoms with van der Waals surface area (Å²) in [5, 5.41) is 8.88. The molecule has 1 aromatic carbocycles. The molecule has 0 saturated heterocycles. The van der Waals surface area contributed by atoms with Crippen molar-refractivity contribution in [3.63, 3.8) is 0 Å². The van der Waals surface area contributed by atoms with Crippen LogP contribution in [0.15, 0.2) is 48.2 Å². The van der Waals surface area contributed by atoms with E-state index in [0.717, 1.165) is 41.4 Å². The fourth-order valence-corrected chi connectivity index (χ4v) is 4.79. The van der Waals surface area contributed by atoms with E-state index < -0.39 is 0 Å². The van der Waals surface area contributed by atoms with E-state index in [1.807, 2.05) is 29.9 Å². The number of nitrogens with zero attached hydrogens (tertiary/aromatic N) is 4. The number of para-hydroxylation sites is 1.